The van der Waals surface area contributed by atoms with E-state index in [2.05, 4.69) is 19.9 Å². The summed E-state index contributed by atoms with van der Waals surface area (Å²) in [6.45, 7) is 1.30. The Morgan fingerprint density at radius 2 is 1.72 bits per heavy atom. The van der Waals surface area contributed by atoms with Crippen molar-refractivity contribution in [2.45, 2.75) is 18.4 Å². The summed E-state index contributed by atoms with van der Waals surface area (Å²) >= 11 is 0. The van der Waals surface area contributed by atoms with Gasteiger partial charge >= 0.3 is 0 Å². The van der Waals surface area contributed by atoms with Crippen LogP contribution in [0.25, 0.3) is 5.82 Å². The molecule has 0 aliphatic carbocycles. The van der Waals surface area contributed by atoms with Gasteiger partial charge in [-0.05, 0) is 30.5 Å². The molecule has 1 aliphatic rings. The molecule has 128 valence electrons. The van der Waals surface area contributed by atoms with Crippen LogP contribution >= 0.6 is 0 Å². The van der Waals surface area contributed by atoms with Gasteiger partial charge < -0.3 is 10.0 Å². The predicted octanol–water partition coefficient (Wildman–Crippen LogP) is 2.29. The first-order chi connectivity index (χ1) is 12.1. The monoisotopic (exact) mass is 339 g/mol. The highest BCUT2D eigenvalue weighted by molar-refractivity contribution is 5.41. The lowest BCUT2D eigenvalue weighted by Crippen LogP contribution is -2.43. The summed E-state index contributed by atoms with van der Waals surface area (Å²) in [5.74, 6) is 1.18. The first-order valence-electron chi connectivity index (χ1n) is 8.18. The lowest BCUT2D eigenvalue weighted by molar-refractivity contribution is 0.0116. The molecule has 7 heteroatoms. The van der Waals surface area contributed by atoms with Gasteiger partial charge in [0, 0.05) is 25.5 Å². The van der Waals surface area contributed by atoms with Crippen LogP contribution in [-0.4, -0.2) is 37.7 Å². The summed E-state index contributed by atoms with van der Waals surface area (Å²) in [6.07, 6.45) is 9.70. The van der Waals surface area contributed by atoms with E-state index in [4.69, 9.17) is 0 Å². The molecule has 1 fully saturated rings. The number of benzene rings is 1. The Bertz CT molecular complexity index is 842. The van der Waals surface area contributed by atoms with E-state index in [1.807, 2.05) is 6.20 Å². The third kappa shape index (κ3) is 3.10. The van der Waals surface area contributed by atoms with Gasteiger partial charge in [-0.1, -0.05) is 12.1 Å². The molecule has 0 saturated carbocycles. The Kier molecular flexibility index (Phi) is 3.93. The number of piperidine rings is 1. The quantitative estimate of drug-likeness (QED) is 0.793. The highest BCUT2D eigenvalue weighted by Crippen LogP contribution is 2.34. The molecular formula is C18H18FN5O. The fourth-order valence-electron chi connectivity index (χ4n) is 3.17. The van der Waals surface area contributed by atoms with Gasteiger partial charge in [0.25, 0.3) is 0 Å². The van der Waals surface area contributed by atoms with Crippen LogP contribution in [0.3, 0.4) is 0 Å². The molecule has 0 radical (unpaired) electrons. The zero-order chi connectivity index (χ0) is 17.3. The molecule has 1 saturated heterocycles. The summed E-state index contributed by atoms with van der Waals surface area (Å²) < 4.78 is 14.9. The van der Waals surface area contributed by atoms with E-state index in [-0.39, 0.29) is 5.82 Å². The Morgan fingerprint density at radius 3 is 2.40 bits per heavy atom. The maximum absolute atomic E-state index is 13.1. The molecule has 4 rings (SSSR count). The van der Waals surface area contributed by atoms with Crippen LogP contribution in [0.5, 0.6) is 0 Å². The summed E-state index contributed by atoms with van der Waals surface area (Å²) in [6, 6.07) is 6.09. The van der Waals surface area contributed by atoms with Gasteiger partial charge in [0.2, 0.25) is 0 Å². The summed E-state index contributed by atoms with van der Waals surface area (Å²) in [4.78, 5) is 15.0. The average Bonchev–Trinajstić information content (AvgIpc) is 3.18. The molecule has 25 heavy (non-hydrogen) atoms. The van der Waals surface area contributed by atoms with Crippen molar-refractivity contribution in [3.8, 4) is 5.82 Å². The van der Waals surface area contributed by atoms with Crippen molar-refractivity contribution in [2.75, 3.05) is 18.0 Å². The number of imidazole rings is 1. The van der Waals surface area contributed by atoms with Crippen LogP contribution in [0, 0.1) is 5.82 Å². The topological polar surface area (TPSA) is 67.1 Å². The first kappa shape index (κ1) is 15.7. The number of nitrogens with zero attached hydrogens (tertiary/aromatic N) is 5. The molecular weight excluding hydrogens is 321 g/mol. The van der Waals surface area contributed by atoms with Gasteiger partial charge in [0.1, 0.15) is 18.0 Å². The van der Waals surface area contributed by atoms with Gasteiger partial charge in [-0.3, -0.25) is 9.55 Å². The molecule has 1 aromatic carbocycles. The first-order valence-corrected chi connectivity index (χ1v) is 8.18. The van der Waals surface area contributed by atoms with E-state index in [0.717, 1.165) is 11.4 Å². The highest BCUT2D eigenvalue weighted by atomic mass is 19.1. The van der Waals surface area contributed by atoms with Crippen LogP contribution in [0.1, 0.15) is 18.4 Å². The number of aliphatic hydroxyl groups is 1. The van der Waals surface area contributed by atoms with Crippen LogP contribution in [0.4, 0.5) is 10.2 Å². The second kappa shape index (κ2) is 6.25. The van der Waals surface area contributed by atoms with E-state index in [1.54, 1.807) is 41.6 Å². The molecule has 3 aromatic rings. The molecule has 1 N–H and O–H groups in total. The number of hydrogen-bond acceptors (Lipinski definition) is 5. The fraction of sp³-hybridized carbons (Fsp3) is 0.278. The largest absolute Gasteiger partial charge is 0.385 e. The van der Waals surface area contributed by atoms with E-state index in [0.29, 0.717) is 31.7 Å². The van der Waals surface area contributed by atoms with Crippen LogP contribution < -0.4 is 4.90 Å². The van der Waals surface area contributed by atoms with Gasteiger partial charge in [-0.25, -0.2) is 14.4 Å². The Labute approximate surface area is 144 Å². The second-order valence-corrected chi connectivity index (χ2v) is 6.23. The minimum Gasteiger partial charge on any atom is -0.385 e. The Balaban J connectivity index is 1.50. The van der Waals surface area contributed by atoms with Crippen LogP contribution in [0.15, 0.2) is 55.4 Å². The fourth-order valence-corrected chi connectivity index (χ4v) is 3.17. The average molecular weight is 339 g/mol. The second-order valence-electron chi connectivity index (χ2n) is 6.23. The molecule has 0 spiro atoms. The van der Waals surface area contributed by atoms with Crippen LogP contribution in [-0.2, 0) is 5.60 Å². The molecule has 1 aliphatic heterocycles. The van der Waals surface area contributed by atoms with Crippen molar-refractivity contribution in [3.63, 3.8) is 0 Å². The summed E-state index contributed by atoms with van der Waals surface area (Å²) in [7, 11) is 0. The zero-order valence-corrected chi connectivity index (χ0v) is 13.6. The lowest BCUT2D eigenvalue weighted by Gasteiger charge is -2.39. The van der Waals surface area contributed by atoms with Gasteiger partial charge in [-0.15, -0.1) is 0 Å². The minimum atomic E-state index is -0.931. The van der Waals surface area contributed by atoms with E-state index < -0.39 is 5.60 Å². The maximum Gasteiger partial charge on any atom is 0.158 e. The van der Waals surface area contributed by atoms with Gasteiger partial charge in [0.15, 0.2) is 5.82 Å². The van der Waals surface area contributed by atoms with E-state index >= 15 is 0 Å². The smallest absolute Gasteiger partial charge is 0.158 e. The molecule has 2 aromatic heterocycles. The normalized spacial score (nSPS) is 16.8. The van der Waals surface area contributed by atoms with Crippen molar-refractivity contribution >= 4 is 5.82 Å². The molecule has 6 nitrogen and oxygen atoms in total. The number of halogens is 1. The molecule has 3 heterocycles. The molecule has 0 unspecified atom stereocenters. The van der Waals surface area contributed by atoms with Gasteiger partial charge in [-0.2, -0.15) is 0 Å². The number of anilines is 1. The van der Waals surface area contributed by atoms with E-state index in [9.17, 15) is 9.50 Å². The molecule has 0 atom stereocenters. The van der Waals surface area contributed by atoms with Gasteiger partial charge in [0.05, 0.1) is 18.0 Å². The third-order valence-electron chi connectivity index (χ3n) is 4.67. The summed E-state index contributed by atoms with van der Waals surface area (Å²) in [5, 5.41) is 10.9. The standard InChI is InChI=1S/C18H18FN5O/c19-15-3-1-14(2-4-15)18(25)5-8-23(9-6-18)16-11-21-12-17(22-16)24-10-7-20-13-24/h1-4,7,10-13,25H,5-6,8-9H2. The highest BCUT2D eigenvalue weighted by Gasteiger charge is 2.34. The maximum atomic E-state index is 13.1. The van der Waals surface area contributed by atoms with E-state index in [1.165, 1.54) is 12.1 Å². The van der Waals surface area contributed by atoms with Crippen molar-refractivity contribution < 1.29 is 9.50 Å². The lowest BCUT2D eigenvalue weighted by atomic mass is 9.84. The zero-order valence-electron chi connectivity index (χ0n) is 13.6. The van der Waals surface area contributed by atoms with Crippen molar-refractivity contribution in [1.29, 1.82) is 0 Å². The van der Waals surface area contributed by atoms with Crippen LogP contribution in [0.2, 0.25) is 0 Å². The SMILES string of the molecule is OC1(c2ccc(F)cc2)CCN(c2cncc(-n3ccnc3)n2)CC1. The number of aromatic nitrogens is 4. The predicted molar refractivity (Wildman–Crippen MR) is 90.9 cm³/mol. The van der Waals surface area contributed by atoms with Crippen molar-refractivity contribution in [2.24, 2.45) is 0 Å². The number of rotatable bonds is 3. The van der Waals surface area contributed by atoms with Crippen molar-refractivity contribution in [3.05, 3.63) is 66.8 Å². The minimum absolute atomic E-state index is 0.295. The molecule has 0 bridgehead atoms. The Hall–Kier alpha value is -2.80. The number of hydrogen-bond donors (Lipinski definition) is 1. The Morgan fingerprint density at radius 1 is 1.00 bits per heavy atom. The molecule has 0 amide bonds. The third-order valence-corrected chi connectivity index (χ3v) is 4.67. The summed E-state index contributed by atoms with van der Waals surface area (Å²) in [5.41, 5.74) is -0.175. The van der Waals surface area contributed by atoms with Crippen molar-refractivity contribution in [1.82, 2.24) is 19.5 Å².